The first-order valence-corrected chi connectivity index (χ1v) is 9.86. The Hall–Kier alpha value is -3.26. The first kappa shape index (κ1) is 22.0. The molecule has 0 unspecified atom stereocenters. The first-order valence-electron chi connectivity index (χ1n) is 9.86. The van der Waals surface area contributed by atoms with Crippen molar-refractivity contribution in [3.8, 4) is 17.6 Å². The van der Waals surface area contributed by atoms with Gasteiger partial charge < -0.3 is 14.8 Å². The number of carbonyl (C=O) groups excluding carboxylic acids is 1. The maximum atomic E-state index is 12.3. The van der Waals surface area contributed by atoms with Crippen molar-refractivity contribution in [2.45, 2.75) is 39.2 Å². The molecule has 5 nitrogen and oxygen atoms in total. The molecule has 0 aliphatic carbocycles. The van der Waals surface area contributed by atoms with Crippen molar-refractivity contribution in [1.82, 2.24) is 5.32 Å². The van der Waals surface area contributed by atoms with Gasteiger partial charge in [-0.3, -0.25) is 4.79 Å². The van der Waals surface area contributed by atoms with Crippen LogP contribution in [0, 0.1) is 11.3 Å². The highest BCUT2D eigenvalue weighted by Gasteiger charge is 2.11. The van der Waals surface area contributed by atoms with Gasteiger partial charge >= 0.3 is 0 Å². The summed E-state index contributed by atoms with van der Waals surface area (Å²) in [4.78, 5) is 12.3. The summed E-state index contributed by atoms with van der Waals surface area (Å²) >= 11 is 0. The van der Waals surface area contributed by atoms with Crippen LogP contribution in [0.1, 0.15) is 37.8 Å². The van der Waals surface area contributed by atoms with Crippen molar-refractivity contribution in [3.05, 3.63) is 65.2 Å². The number of hydrogen-bond donors (Lipinski definition) is 1. The second kappa shape index (κ2) is 11.6. The van der Waals surface area contributed by atoms with E-state index in [0.717, 1.165) is 19.3 Å². The van der Waals surface area contributed by atoms with Gasteiger partial charge in [0.25, 0.3) is 5.91 Å². The van der Waals surface area contributed by atoms with Crippen molar-refractivity contribution in [2.24, 2.45) is 0 Å². The minimum Gasteiger partial charge on any atom is -0.493 e. The van der Waals surface area contributed by atoms with Gasteiger partial charge in [0, 0.05) is 6.54 Å². The Balaban J connectivity index is 1.98. The molecule has 0 saturated heterocycles. The Morgan fingerprint density at radius 3 is 2.62 bits per heavy atom. The number of benzene rings is 2. The summed E-state index contributed by atoms with van der Waals surface area (Å²) in [5.74, 6) is 0.835. The predicted molar refractivity (Wildman–Crippen MR) is 115 cm³/mol. The molecule has 5 heteroatoms. The van der Waals surface area contributed by atoms with Gasteiger partial charge in [0.1, 0.15) is 11.6 Å². The van der Waals surface area contributed by atoms with Crippen LogP contribution in [0.3, 0.4) is 0 Å². The highest BCUT2D eigenvalue weighted by atomic mass is 16.5. The summed E-state index contributed by atoms with van der Waals surface area (Å²) in [6, 6.07) is 17.4. The minimum absolute atomic E-state index is 0.0577. The number of rotatable bonds is 10. The molecule has 0 aromatic heterocycles. The first-order chi connectivity index (χ1) is 14.1. The number of carbonyl (C=O) groups is 1. The Labute approximate surface area is 173 Å². The molecule has 152 valence electrons. The van der Waals surface area contributed by atoms with E-state index in [4.69, 9.17) is 9.47 Å². The van der Waals surface area contributed by atoms with Crippen LogP contribution >= 0.6 is 0 Å². The Kier molecular flexibility index (Phi) is 8.78. The molecule has 0 heterocycles. The van der Waals surface area contributed by atoms with E-state index in [-0.39, 0.29) is 17.6 Å². The van der Waals surface area contributed by atoms with Crippen LogP contribution in [-0.4, -0.2) is 25.7 Å². The molecule has 2 aromatic carbocycles. The lowest BCUT2D eigenvalue weighted by Crippen LogP contribution is -2.25. The van der Waals surface area contributed by atoms with E-state index in [1.807, 2.05) is 38.1 Å². The third kappa shape index (κ3) is 7.00. The number of ether oxygens (including phenoxy) is 2. The molecular weight excluding hydrogens is 364 g/mol. The van der Waals surface area contributed by atoms with Crippen LogP contribution in [0.2, 0.25) is 0 Å². The van der Waals surface area contributed by atoms with E-state index in [1.165, 1.54) is 5.56 Å². The Morgan fingerprint density at radius 1 is 1.21 bits per heavy atom. The lowest BCUT2D eigenvalue weighted by molar-refractivity contribution is -0.117. The number of nitrogens with zero attached hydrogens (tertiary/aromatic N) is 1. The molecule has 0 bridgehead atoms. The van der Waals surface area contributed by atoms with Gasteiger partial charge in [-0.05, 0) is 55.5 Å². The van der Waals surface area contributed by atoms with Gasteiger partial charge in [0.05, 0.1) is 13.2 Å². The molecule has 0 aliphatic rings. The van der Waals surface area contributed by atoms with Crippen LogP contribution in [0.25, 0.3) is 6.08 Å². The molecule has 1 amide bonds. The number of aryl methyl sites for hydroxylation is 1. The number of hydrogen-bond acceptors (Lipinski definition) is 4. The Morgan fingerprint density at radius 2 is 1.97 bits per heavy atom. The second-order valence-electron chi connectivity index (χ2n) is 6.76. The predicted octanol–water partition coefficient (Wildman–Crippen LogP) is 4.53. The van der Waals surface area contributed by atoms with Gasteiger partial charge in [-0.1, -0.05) is 43.3 Å². The average Bonchev–Trinajstić information content (AvgIpc) is 2.76. The molecule has 29 heavy (non-hydrogen) atoms. The van der Waals surface area contributed by atoms with E-state index in [0.29, 0.717) is 23.6 Å². The summed E-state index contributed by atoms with van der Waals surface area (Å²) in [7, 11) is 1.57. The van der Waals surface area contributed by atoms with Crippen molar-refractivity contribution >= 4 is 12.0 Å². The summed E-state index contributed by atoms with van der Waals surface area (Å²) < 4.78 is 11.2. The number of methoxy groups -OCH3 is 1. The van der Waals surface area contributed by atoms with Gasteiger partial charge in [0.15, 0.2) is 11.5 Å². The molecule has 2 rings (SSSR count). The van der Waals surface area contributed by atoms with E-state index >= 15 is 0 Å². The van der Waals surface area contributed by atoms with Crippen molar-refractivity contribution in [1.29, 1.82) is 5.26 Å². The minimum atomic E-state index is -0.375. The van der Waals surface area contributed by atoms with Crippen LogP contribution in [-0.2, 0) is 11.2 Å². The third-order valence-corrected chi connectivity index (χ3v) is 4.54. The SMILES string of the molecule is CC[C@@H](C)Oc1ccc(/C=C(/C#N)C(=O)NCCCc2ccccc2)cc1OC. The van der Waals surface area contributed by atoms with Crippen molar-refractivity contribution in [3.63, 3.8) is 0 Å². The molecule has 1 N–H and O–H groups in total. The molecule has 0 aliphatic heterocycles. The van der Waals surface area contributed by atoms with Crippen LogP contribution in [0.4, 0.5) is 0 Å². The normalized spacial score (nSPS) is 12.0. The van der Waals surface area contributed by atoms with Crippen LogP contribution in [0.5, 0.6) is 11.5 Å². The lowest BCUT2D eigenvalue weighted by atomic mass is 10.1. The molecular formula is C24H28N2O3. The highest BCUT2D eigenvalue weighted by molar-refractivity contribution is 6.01. The van der Waals surface area contributed by atoms with E-state index in [2.05, 4.69) is 17.4 Å². The Bertz CT molecular complexity index is 869. The number of nitrogens with one attached hydrogen (secondary N) is 1. The second-order valence-corrected chi connectivity index (χ2v) is 6.76. The zero-order valence-electron chi connectivity index (χ0n) is 17.3. The summed E-state index contributed by atoms with van der Waals surface area (Å²) in [6.07, 6.45) is 4.20. The fourth-order valence-corrected chi connectivity index (χ4v) is 2.72. The van der Waals surface area contributed by atoms with Crippen LogP contribution in [0.15, 0.2) is 54.1 Å². The zero-order valence-corrected chi connectivity index (χ0v) is 17.3. The molecule has 0 fully saturated rings. The summed E-state index contributed by atoms with van der Waals surface area (Å²) in [6.45, 7) is 4.55. The van der Waals surface area contributed by atoms with E-state index in [1.54, 1.807) is 31.4 Å². The summed E-state index contributed by atoms with van der Waals surface area (Å²) in [5, 5.41) is 12.2. The van der Waals surface area contributed by atoms with Crippen LogP contribution < -0.4 is 14.8 Å². The van der Waals surface area contributed by atoms with E-state index < -0.39 is 0 Å². The topological polar surface area (TPSA) is 71.3 Å². The third-order valence-electron chi connectivity index (χ3n) is 4.54. The van der Waals surface area contributed by atoms with Gasteiger partial charge in [-0.15, -0.1) is 0 Å². The largest absolute Gasteiger partial charge is 0.493 e. The fraction of sp³-hybridized carbons (Fsp3) is 0.333. The van der Waals surface area contributed by atoms with Gasteiger partial charge in [-0.25, -0.2) is 0 Å². The monoisotopic (exact) mass is 392 g/mol. The summed E-state index contributed by atoms with van der Waals surface area (Å²) in [5.41, 5.74) is 1.99. The molecule has 1 atom stereocenters. The van der Waals surface area contributed by atoms with E-state index in [9.17, 15) is 10.1 Å². The quantitative estimate of drug-likeness (QED) is 0.366. The zero-order chi connectivity index (χ0) is 21.1. The van der Waals surface area contributed by atoms with Crippen molar-refractivity contribution in [2.75, 3.05) is 13.7 Å². The number of nitriles is 1. The number of amides is 1. The molecule has 0 saturated carbocycles. The molecule has 2 aromatic rings. The highest BCUT2D eigenvalue weighted by Crippen LogP contribution is 2.30. The maximum Gasteiger partial charge on any atom is 0.261 e. The standard InChI is InChI=1S/C24H28N2O3/c1-4-18(2)29-22-13-12-20(16-23(22)28-3)15-21(17-25)24(27)26-14-8-11-19-9-6-5-7-10-19/h5-7,9-10,12-13,15-16,18H,4,8,11,14H2,1-3H3,(H,26,27)/b21-15-/t18-/m1/s1. The lowest BCUT2D eigenvalue weighted by Gasteiger charge is -2.15. The van der Waals surface area contributed by atoms with Crippen molar-refractivity contribution < 1.29 is 14.3 Å². The smallest absolute Gasteiger partial charge is 0.261 e. The average molecular weight is 392 g/mol. The molecule has 0 radical (unpaired) electrons. The van der Waals surface area contributed by atoms with Gasteiger partial charge in [0.2, 0.25) is 0 Å². The molecule has 0 spiro atoms. The van der Waals surface area contributed by atoms with Gasteiger partial charge in [-0.2, -0.15) is 5.26 Å². The fourth-order valence-electron chi connectivity index (χ4n) is 2.72. The maximum absolute atomic E-state index is 12.3.